The maximum atomic E-state index is 14.0. The highest BCUT2D eigenvalue weighted by molar-refractivity contribution is 5.86. The lowest BCUT2D eigenvalue weighted by molar-refractivity contribution is -0.144. The van der Waals surface area contributed by atoms with Crippen LogP contribution in [0.2, 0.25) is 0 Å². The van der Waals surface area contributed by atoms with Crippen molar-refractivity contribution in [3.63, 3.8) is 0 Å². The number of hydrogen-bond acceptors (Lipinski definition) is 3. The van der Waals surface area contributed by atoms with Crippen molar-refractivity contribution in [2.24, 2.45) is 0 Å². The third-order valence-electron chi connectivity index (χ3n) is 4.30. The van der Waals surface area contributed by atoms with Crippen LogP contribution in [0.4, 0.5) is 4.39 Å². The van der Waals surface area contributed by atoms with Crippen LogP contribution in [0.25, 0.3) is 0 Å². The highest BCUT2D eigenvalue weighted by atomic mass is 19.1. The molecule has 1 aromatic carbocycles. The normalized spacial score (nSPS) is 24.6. The highest BCUT2D eigenvalue weighted by Gasteiger charge is 2.40. The first kappa shape index (κ1) is 15.9. The molecule has 4 nitrogen and oxygen atoms in total. The molecule has 0 heterocycles. The van der Waals surface area contributed by atoms with E-state index < -0.39 is 11.4 Å². The summed E-state index contributed by atoms with van der Waals surface area (Å²) in [6.07, 6.45) is 2.80. The van der Waals surface area contributed by atoms with Crippen molar-refractivity contribution in [2.75, 3.05) is 14.2 Å². The number of ether oxygens (including phenoxy) is 2. The first-order valence-corrected chi connectivity index (χ1v) is 7.17. The van der Waals surface area contributed by atoms with E-state index >= 15 is 0 Å². The van der Waals surface area contributed by atoms with Gasteiger partial charge in [-0.3, -0.25) is 4.79 Å². The number of rotatable bonds is 5. The van der Waals surface area contributed by atoms with E-state index in [1.54, 1.807) is 32.2 Å². The minimum atomic E-state index is -1.35. The number of amides is 1. The molecule has 5 heteroatoms. The van der Waals surface area contributed by atoms with E-state index in [2.05, 4.69) is 5.32 Å². The molecule has 1 aliphatic rings. The first-order valence-electron chi connectivity index (χ1n) is 7.17. The monoisotopic (exact) mass is 295 g/mol. The third kappa shape index (κ3) is 3.09. The van der Waals surface area contributed by atoms with Gasteiger partial charge < -0.3 is 14.8 Å². The van der Waals surface area contributed by atoms with Crippen LogP contribution in [0, 0.1) is 5.82 Å². The van der Waals surface area contributed by atoms with E-state index in [9.17, 15) is 9.18 Å². The topological polar surface area (TPSA) is 47.6 Å². The van der Waals surface area contributed by atoms with Gasteiger partial charge >= 0.3 is 0 Å². The summed E-state index contributed by atoms with van der Waals surface area (Å²) < 4.78 is 24.7. The van der Waals surface area contributed by atoms with Crippen LogP contribution in [0.1, 0.15) is 31.7 Å². The second-order valence-electron chi connectivity index (χ2n) is 5.50. The molecule has 21 heavy (non-hydrogen) atoms. The molecule has 1 amide bonds. The Balaban J connectivity index is 2.20. The fourth-order valence-corrected chi connectivity index (χ4v) is 2.85. The summed E-state index contributed by atoms with van der Waals surface area (Å²) >= 11 is 0. The molecule has 1 aliphatic carbocycles. The van der Waals surface area contributed by atoms with E-state index in [1.807, 2.05) is 0 Å². The quantitative estimate of drug-likeness (QED) is 0.907. The van der Waals surface area contributed by atoms with E-state index in [1.165, 1.54) is 13.2 Å². The average Bonchev–Trinajstić information content (AvgIpc) is 2.94. The minimum absolute atomic E-state index is 0.00989. The molecule has 1 saturated carbocycles. The Kier molecular flexibility index (Phi) is 4.96. The van der Waals surface area contributed by atoms with Crippen molar-refractivity contribution in [3.05, 3.63) is 35.6 Å². The summed E-state index contributed by atoms with van der Waals surface area (Å²) in [4.78, 5) is 12.6. The van der Waals surface area contributed by atoms with Gasteiger partial charge in [0, 0.05) is 19.8 Å². The minimum Gasteiger partial charge on any atom is -0.379 e. The van der Waals surface area contributed by atoms with Gasteiger partial charge in [0.05, 0.1) is 12.1 Å². The standard InChI is InChI=1S/C16H22FNO3/c1-16(21-3,11-7-4-5-8-12(11)17)15(19)18-13-9-6-10-14(13)20-2/h4-5,7-8,13-14H,6,9-10H2,1-3H3,(H,18,19)/t13-,14+,16-/m0/s1. The predicted octanol–water partition coefficient (Wildman–Crippen LogP) is 2.37. The van der Waals surface area contributed by atoms with Crippen molar-refractivity contribution < 1.29 is 18.7 Å². The molecule has 0 unspecified atom stereocenters. The maximum absolute atomic E-state index is 14.0. The van der Waals surface area contributed by atoms with Gasteiger partial charge in [-0.2, -0.15) is 0 Å². The summed E-state index contributed by atoms with van der Waals surface area (Å²) in [5, 5.41) is 2.94. The van der Waals surface area contributed by atoms with Crippen LogP contribution in [0.15, 0.2) is 24.3 Å². The van der Waals surface area contributed by atoms with Crippen molar-refractivity contribution in [3.8, 4) is 0 Å². The molecule has 1 aromatic rings. The molecule has 0 radical (unpaired) electrons. The van der Waals surface area contributed by atoms with Gasteiger partial charge in [-0.15, -0.1) is 0 Å². The second kappa shape index (κ2) is 6.54. The van der Waals surface area contributed by atoms with E-state index in [4.69, 9.17) is 9.47 Å². The summed E-state index contributed by atoms with van der Waals surface area (Å²) in [7, 11) is 3.05. The largest absolute Gasteiger partial charge is 0.379 e. The predicted molar refractivity (Wildman–Crippen MR) is 77.3 cm³/mol. The Labute approximate surface area is 124 Å². The van der Waals surface area contributed by atoms with Gasteiger partial charge in [0.15, 0.2) is 5.60 Å². The van der Waals surface area contributed by atoms with Gasteiger partial charge in [0.25, 0.3) is 5.91 Å². The highest BCUT2D eigenvalue weighted by Crippen LogP contribution is 2.29. The molecule has 0 aliphatic heterocycles. The van der Waals surface area contributed by atoms with Crippen LogP contribution in [-0.2, 0) is 19.9 Å². The van der Waals surface area contributed by atoms with Gasteiger partial charge in [0.2, 0.25) is 0 Å². The van der Waals surface area contributed by atoms with Gasteiger partial charge in [0.1, 0.15) is 5.82 Å². The van der Waals surface area contributed by atoms with E-state index in [0.717, 1.165) is 19.3 Å². The Bertz CT molecular complexity index is 508. The summed E-state index contributed by atoms with van der Waals surface area (Å²) in [6.45, 7) is 1.58. The number of carbonyl (C=O) groups is 1. The molecular weight excluding hydrogens is 273 g/mol. The number of nitrogens with one attached hydrogen (secondary N) is 1. The zero-order valence-electron chi connectivity index (χ0n) is 12.7. The smallest absolute Gasteiger partial charge is 0.257 e. The van der Waals surface area contributed by atoms with Crippen molar-refractivity contribution >= 4 is 5.91 Å². The molecular formula is C16H22FNO3. The van der Waals surface area contributed by atoms with E-state index in [-0.39, 0.29) is 23.6 Å². The molecule has 1 fully saturated rings. The maximum Gasteiger partial charge on any atom is 0.257 e. The zero-order chi connectivity index (χ0) is 15.5. The van der Waals surface area contributed by atoms with Crippen molar-refractivity contribution in [1.29, 1.82) is 0 Å². The van der Waals surface area contributed by atoms with Crippen molar-refractivity contribution in [2.45, 2.75) is 43.9 Å². The van der Waals surface area contributed by atoms with Crippen LogP contribution < -0.4 is 5.32 Å². The zero-order valence-corrected chi connectivity index (χ0v) is 12.7. The van der Waals surface area contributed by atoms with Crippen LogP contribution >= 0.6 is 0 Å². The summed E-state index contributed by atoms with van der Waals surface area (Å²) in [5.74, 6) is -0.796. The lowest BCUT2D eigenvalue weighted by Crippen LogP contribution is -2.50. The Morgan fingerprint density at radius 2 is 2.05 bits per heavy atom. The first-order chi connectivity index (χ1) is 10.0. The van der Waals surface area contributed by atoms with Crippen LogP contribution in [0.5, 0.6) is 0 Å². The van der Waals surface area contributed by atoms with Gasteiger partial charge in [-0.1, -0.05) is 18.2 Å². The molecule has 0 bridgehead atoms. The number of hydrogen-bond donors (Lipinski definition) is 1. The summed E-state index contributed by atoms with van der Waals surface area (Å²) in [6, 6.07) is 6.12. The van der Waals surface area contributed by atoms with Gasteiger partial charge in [-0.25, -0.2) is 4.39 Å². The lowest BCUT2D eigenvalue weighted by Gasteiger charge is -2.30. The molecule has 1 N–H and O–H groups in total. The third-order valence-corrected chi connectivity index (χ3v) is 4.30. The van der Waals surface area contributed by atoms with Crippen molar-refractivity contribution in [1.82, 2.24) is 5.32 Å². The Morgan fingerprint density at radius 1 is 1.33 bits per heavy atom. The number of methoxy groups -OCH3 is 2. The fourth-order valence-electron chi connectivity index (χ4n) is 2.85. The SMILES string of the molecule is CO[C@@H]1CCC[C@@H]1NC(=O)[C@@](C)(OC)c1ccccc1F. The number of carbonyl (C=O) groups excluding carboxylic acids is 1. The Morgan fingerprint density at radius 3 is 2.67 bits per heavy atom. The molecule has 0 saturated heterocycles. The second-order valence-corrected chi connectivity index (χ2v) is 5.50. The molecule has 3 atom stereocenters. The van der Waals surface area contributed by atoms with Crippen LogP contribution in [0.3, 0.4) is 0 Å². The molecule has 2 rings (SSSR count). The molecule has 0 aromatic heterocycles. The van der Waals surface area contributed by atoms with E-state index in [0.29, 0.717) is 0 Å². The fraction of sp³-hybridized carbons (Fsp3) is 0.562. The van der Waals surface area contributed by atoms with Gasteiger partial charge in [-0.05, 0) is 32.3 Å². The number of halogens is 1. The average molecular weight is 295 g/mol. The number of benzene rings is 1. The Hall–Kier alpha value is -1.46. The summed E-state index contributed by atoms with van der Waals surface area (Å²) in [5.41, 5.74) is -1.12. The molecule has 116 valence electrons. The molecule has 0 spiro atoms. The lowest BCUT2D eigenvalue weighted by atomic mass is 9.93. The van der Waals surface area contributed by atoms with Crippen LogP contribution in [-0.4, -0.2) is 32.3 Å².